The van der Waals surface area contributed by atoms with Gasteiger partial charge in [0.2, 0.25) is 4.80 Å². The summed E-state index contributed by atoms with van der Waals surface area (Å²) in [6, 6.07) is 6.88. The van der Waals surface area contributed by atoms with Gasteiger partial charge in [-0.15, -0.1) is 0 Å². The molecule has 10 heteroatoms. The lowest BCUT2D eigenvalue weighted by molar-refractivity contribution is 0.0725. The van der Waals surface area contributed by atoms with Gasteiger partial charge in [-0.1, -0.05) is 31.0 Å². The van der Waals surface area contributed by atoms with E-state index in [4.69, 9.17) is 19.6 Å². The van der Waals surface area contributed by atoms with E-state index in [1.165, 1.54) is 0 Å². The van der Waals surface area contributed by atoms with Crippen molar-refractivity contribution in [3.05, 3.63) is 38.7 Å². The minimum atomic E-state index is -1.13. The topological polar surface area (TPSA) is 74.4 Å². The highest BCUT2D eigenvalue weighted by Gasteiger charge is 2.22. The van der Waals surface area contributed by atoms with Gasteiger partial charge in [-0.25, -0.2) is 9.67 Å². The summed E-state index contributed by atoms with van der Waals surface area (Å²) in [5.74, 6) is 0.626. The first-order valence-electron chi connectivity index (χ1n) is 10.1. The predicted octanol–water partition coefficient (Wildman–Crippen LogP) is 5.05. The van der Waals surface area contributed by atoms with Gasteiger partial charge < -0.3 is 9.47 Å². The van der Waals surface area contributed by atoms with Crippen LogP contribution in [0, 0.1) is 0 Å². The Labute approximate surface area is 189 Å². The molecule has 0 aliphatic carbocycles. The Kier molecular flexibility index (Phi) is 6.78. The van der Waals surface area contributed by atoms with Crippen molar-refractivity contribution in [1.29, 1.82) is 0 Å². The molecule has 0 N–H and O–H groups in total. The van der Waals surface area contributed by atoms with Crippen molar-refractivity contribution in [3.8, 4) is 0 Å². The Bertz CT molecular complexity index is 1090. The van der Waals surface area contributed by atoms with Crippen molar-refractivity contribution >= 4 is 52.2 Å². The molecule has 3 aromatic heterocycles. The van der Waals surface area contributed by atoms with Crippen LogP contribution in [0.15, 0.2) is 33.9 Å². The zero-order valence-corrected chi connectivity index (χ0v) is 20.9. The maximum atomic E-state index is 5.94. The number of fused-ring (bicyclic) bond motifs is 1. The standard InChI is InChI=1S/C20H26BrN5O2SSi/c1-30(2,3)10-9-27-13-26-20(29-19(25-26)17-5-4-8-28-17)24-18-7-6-15-16(23-18)11-14(21)12-22-15/h6-7,11-12,17H,4-5,8-10,13H2,1-3H3/b24-20-. The lowest BCUT2D eigenvalue weighted by Gasteiger charge is -2.15. The highest BCUT2D eigenvalue weighted by molar-refractivity contribution is 9.10. The van der Waals surface area contributed by atoms with Gasteiger partial charge in [0.05, 0.1) is 11.0 Å². The van der Waals surface area contributed by atoms with Gasteiger partial charge in [0.15, 0.2) is 5.82 Å². The Morgan fingerprint density at radius 1 is 1.33 bits per heavy atom. The average Bonchev–Trinajstić information content (AvgIpc) is 3.34. The van der Waals surface area contributed by atoms with Crippen LogP contribution in [0.25, 0.3) is 11.0 Å². The van der Waals surface area contributed by atoms with E-state index in [9.17, 15) is 0 Å². The number of nitrogens with zero attached hydrogens (tertiary/aromatic N) is 5. The minimum absolute atomic E-state index is 0.0527. The van der Waals surface area contributed by atoms with E-state index in [0.717, 1.165) is 57.4 Å². The molecule has 0 amide bonds. The van der Waals surface area contributed by atoms with E-state index in [-0.39, 0.29) is 6.10 Å². The second-order valence-electron chi connectivity index (χ2n) is 8.55. The third-order valence-electron chi connectivity index (χ3n) is 4.75. The SMILES string of the molecule is C[Si](C)(C)CCOCn1nc(C2CCCO2)s/c1=N\c1ccc2ncc(Br)cc2n1. The molecule has 4 rings (SSSR count). The van der Waals surface area contributed by atoms with E-state index in [1.807, 2.05) is 22.9 Å². The van der Waals surface area contributed by atoms with Crippen LogP contribution in [0.2, 0.25) is 25.7 Å². The second kappa shape index (κ2) is 9.35. The first kappa shape index (κ1) is 21.8. The molecular weight excluding hydrogens is 482 g/mol. The number of hydrogen-bond donors (Lipinski definition) is 0. The van der Waals surface area contributed by atoms with Crippen LogP contribution in [-0.2, 0) is 16.2 Å². The highest BCUT2D eigenvalue weighted by Crippen LogP contribution is 2.28. The third kappa shape index (κ3) is 5.61. The Balaban J connectivity index is 1.62. The fraction of sp³-hybridized carbons (Fsp3) is 0.500. The summed E-state index contributed by atoms with van der Waals surface area (Å²) in [4.78, 5) is 14.6. The predicted molar refractivity (Wildman–Crippen MR) is 125 cm³/mol. The summed E-state index contributed by atoms with van der Waals surface area (Å²) >= 11 is 5.00. The lowest BCUT2D eigenvalue weighted by Crippen LogP contribution is -2.24. The Morgan fingerprint density at radius 2 is 2.20 bits per heavy atom. The van der Waals surface area contributed by atoms with Crippen LogP contribution in [-0.4, -0.2) is 41.0 Å². The average molecular weight is 509 g/mol. The summed E-state index contributed by atoms with van der Waals surface area (Å²) in [5, 5.41) is 5.70. The van der Waals surface area contributed by atoms with Gasteiger partial charge in [0.1, 0.15) is 17.8 Å². The molecule has 7 nitrogen and oxygen atoms in total. The molecule has 0 saturated carbocycles. The molecule has 1 aliphatic rings. The van der Waals surface area contributed by atoms with Crippen molar-refractivity contribution in [1.82, 2.24) is 19.7 Å². The zero-order valence-electron chi connectivity index (χ0n) is 17.5. The van der Waals surface area contributed by atoms with Crippen molar-refractivity contribution in [3.63, 3.8) is 0 Å². The van der Waals surface area contributed by atoms with Crippen LogP contribution in [0.3, 0.4) is 0 Å². The minimum Gasteiger partial charge on any atom is -0.371 e. The van der Waals surface area contributed by atoms with Crippen molar-refractivity contribution < 1.29 is 9.47 Å². The van der Waals surface area contributed by atoms with E-state index in [2.05, 4.69) is 45.5 Å². The summed E-state index contributed by atoms with van der Waals surface area (Å²) in [6.45, 7) is 8.96. The van der Waals surface area contributed by atoms with E-state index in [0.29, 0.717) is 12.5 Å². The van der Waals surface area contributed by atoms with Gasteiger partial charge >= 0.3 is 0 Å². The van der Waals surface area contributed by atoms with Gasteiger partial charge in [-0.2, -0.15) is 10.1 Å². The number of aromatic nitrogens is 4. The molecule has 1 aliphatic heterocycles. The first-order chi connectivity index (χ1) is 14.4. The van der Waals surface area contributed by atoms with Gasteiger partial charge in [0.25, 0.3) is 0 Å². The zero-order chi connectivity index (χ0) is 21.1. The fourth-order valence-corrected chi connectivity index (χ4v) is 5.11. The van der Waals surface area contributed by atoms with Crippen LogP contribution in [0.1, 0.15) is 24.0 Å². The second-order valence-corrected chi connectivity index (χ2v) is 16.1. The maximum absolute atomic E-state index is 5.94. The van der Waals surface area contributed by atoms with Crippen LogP contribution in [0.5, 0.6) is 0 Å². The Hall–Kier alpha value is -1.46. The molecule has 0 bridgehead atoms. The third-order valence-corrected chi connectivity index (χ3v) is 7.93. The molecular formula is C20H26BrN5O2SSi. The normalized spacial score (nSPS) is 17.9. The molecule has 0 spiro atoms. The Morgan fingerprint density at radius 3 is 2.97 bits per heavy atom. The molecule has 4 heterocycles. The monoisotopic (exact) mass is 507 g/mol. The quantitative estimate of drug-likeness (QED) is 0.330. The summed E-state index contributed by atoms with van der Waals surface area (Å²) < 4.78 is 14.5. The molecule has 1 unspecified atom stereocenters. The molecule has 1 saturated heterocycles. The van der Waals surface area contributed by atoms with Gasteiger partial charge in [-0.3, -0.25) is 4.98 Å². The van der Waals surface area contributed by atoms with Gasteiger partial charge in [-0.05, 0) is 53.0 Å². The summed E-state index contributed by atoms with van der Waals surface area (Å²) in [6.07, 6.45) is 3.88. The van der Waals surface area contributed by atoms with Crippen LogP contribution >= 0.6 is 27.3 Å². The van der Waals surface area contributed by atoms with Crippen LogP contribution in [0.4, 0.5) is 5.82 Å². The lowest BCUT2D eigenvalue weighted by atomic mass is 10.2. The number of halogens is 1. The van der Waals surface area contributed by atoms with Crippen molar-refractivity contribution in [2.45, 2.75) is 51.4 Å². The molecule has 0 aromatic carbocycles. The van der Waals surface area contributed by atoms with Crippen LogP contribution < -0.4 is 4.80 Å². The number of pyridine rings is 2. The van der Waals surface area contributed by atoms with Crippen molar-refractivity contribution in [2.75, 3.05) is 13.2 Å². The van der Waals surface area contributed by atoms with E-state index in [1.54, 1.807) is 17.5 Å². The molecule has 3 aromatic rings. The van der Waals surface area contributed by atoms with E-state index >= 15 is 0 Å². The highest BCUT2D eigenvalue weighted by atomic mass is 79.9. The smallest absolute Gasteiger partial charge is 0.212 e. The molecule has 30 heavy (non-hydrogen) atoms. The maximum Gasteiger partial charge on any atom is 0.212 e. The van der Waals surface area contributed by atoms with Gasteiger partial charge in [0, 0.05) is 32.0 Å². The summed E-state index contributed by atoms with van der Waals surface area (Å²) in [5.41, 5.74) is 1.64. The number of ether oxygens (including phenoxy) is 2. The molecule has 160 valence electrons. The van der Waals surface area contributed by atoms with Crippen molar-refractivity contribution in [2.24, 2.45) is 4.99 Å². The number of rotatable bonds is 7. The molecule has 1 fully saturated rings. The summed E-state index contributed by atoms with van der Waals surface area (Å²) in [7, 11) is -1.13. The van der Waals surface area contributed by atoms with E-state index < -0.39 is 8.07 Å². The first-order valence-corrected chi connectivity index (χ1v) is 15.4. The largest absolute Gasteiger partial charge is 0.371 e. The molecule has 0 radical (unpaired) electrons. The fourth-order valence-electron chi connectivity index (χ4n) is 3.06. The molecule has 1 atom stereocenters. The number of hydrogen-bond acceptors (Lipinski definition) is 7.